The molecule has 0 atom stereocenters. The van der Waals surface area contributed by atoms with Crippen molar-refractivity contribution in [2.45, 2.75) is 6.92 Å². The van der Waals surface area contributed by atoms with E-state index in [4.69, 9.17) is 0 Å². The predicted octanol–water partition coefficient (Wildman–Crippen LogP) is -1.41. The summed E-state index contributed by atoms with van der Waals surface area (Å²) in [5.74, 6) is -0.912. The molecule has 38 valence electrons. The molecule has 0 aliphatic rings. The Kier molecular flexibility index (Phi) is 23.6. The van der Waals surface area contributed by atoms with Crippen molar-refractivity contribution in [3.8, 4) is 0 Å². The maximum Gasteiger partial charge on any atom is 1.00 e. The Morgan fingerprint density at radius 1 is 1.57 bits per heavy atom. The van der Waals surface area contributed by atoms with Crippen molar-refractivity contribution in [2.24, 2.45) is 0 Å². The van der Waals surface area contributed by atoms with E-state index in [1.54, 1.807) is 0 Å². The van der Waals surface area contributed by atoms with Crippen molar-refractivity contribution in [2.75, 3.05) is 0 Å². The van der Waals surface area contributed by atoms with Gasteiger partial charge in [0.1, 0.15) is 0 Å². The molecule has 0 rings (SSSR count). The van der Waals surface area contributed by atoms with Crippen LogP contribution in [0.15, 0.2) is 5.83 Å². The third kappa shape index (κ3) is 18.6. The van der Waals surface area contributed by atoms with Crippen LogP contribution in [0.1, 0.15) is 6.92 Å². The van der Waals surface area contributed by atoms with Gasteiger partial charge in [0.15, 0.2) is 0 Å². The number of rotatable bonds is 0. The van der Waals surface area contributed by atoms with Crippen molar-refractivity contribution < 1.29 is 65.4 Å². The van der Waals surface area contributed by atoms with Gasteiger partial charge in [0.05, 0.1) is 0 Å². The van der Waals surface area contributed by atoms with Crippen LogP contribution in [0.3, 0.4) is 0 Å². The van der Waals surface area contributed by atoms with Crippen LogP contribution in [0.2, 0.25) is 0 Å². The zero-order chi connectivity index (χ0) is 4.28. The van der Waals surface area contributed by atoms with Gasteiger partial charge >= 0.3 is 18.9 Å². The van der Waals surface area contributed by atoms with Crippen molar-refractivity contribution in [3.05, 3.63) is 12.2 Å². The topological polar surface area (TPSA) is 0 Å². The summed E-state index contributed by atoms with van der Waals surface area (Å²) in [4.78, 5) is 0. The molecular weight excluding hydrogens is 121 g/mol. The van der Waals surface area contributed by atoms with Gasteiger partial charge in [0.2, 0.25) is 0 Å². The minimum absolute atomic E-state index is 0. The molecule has 0 aliphatic carbocycles. The van der Waals surface area contributed by atoms with Gasteiger partial charge in [-0.25, -0.2) is 0 Å². The van der Waals surface area contributed by atoms with E-state index in [1.807, 2.05) is 0 Å². The first-order valence-electron chi connectivity index (χ1n) is 1.13. The summed E-state index contributed by atoms with van der Waals surface area (Å²) in [6, 6.07) is 0. The summed E-state index contributed by atoms with van der Waals surface area (Å²) in [6.45, 7) is 0.986. The summed E-state index contributed by atoms with van der Waals surface area (Å²) in [5.41, 5.74) is 0. The third-order valence-electron chi connectivity index (χ3n) is 0.130. The smallest absolute Gasteiger partial charge is 0.456 e. The summed E-state index contributed by atoms with van der Waals surface area (Å²) >= 11 is 0. The first-order valence-corrected chi connectivity index (χ1v) is 1.13. The minimum atomic E-state index is -0.912. The zero-order valence-electron chi connectivity index (χ0n) is 4.11. The van der Waals surface area contributed by atoms with Crippen LogP contribution in [-0.2, 0) is 0 Å². The molecule has 0 N–H and O–H groups in total. The van der Waals surface area contributed by atoms with Gasteiger partial charge < -0.3 is 4.39 Å². The summed E-state index contributed by atoms with van der Waals surface area (Å²) in [5, 5.41) is 0. The fourth-order valence-corrected chi connectivity index (χ4v) is 0. The van der Waals surface area contributed by atoms with E-state index in [0.717, 1.165) is 13.3 Å². The Bertz CT molecular complexity index is 50.9. The molecule has 0 saturated heterocycles. The molecule has 7 heavy (non-hydrogen) atoms. The summed E-state index contributed by atoms with van der Waals surface area (Å²) in [7, 11) is 0. The monoisotopic (exact) mass is 124 g/mol. The van der Waals surface area contributed by atoms with E-state index in [0.29, 0.717) is 0 Å². The van der Waals surface area contributed by atoms with Crippen molar-refractivity contribution in [3.63, 3.8) is 0 Å². The molecular formula is C3H3ArF2Li. The second-order valence-electron chi connectivity index (χ2n) is 0.628. The maximum absolute atomic E-state index is 10.9. The van der Waals surface area contributed by atoms with Gasteiger partial charge in [-0.1, -0.05) is 5.83 Å². The molecule has 0 amide bonds. The van der Waals surface area contributed by atoms with Crippen LogP contribution in [0.25, 0.3) is 0 Å². The Balaban J connectivity index is -0.0000000800. The van der Waals surface area contributed by atoms with Gasteiger partial charge in [-0.2, -0.15) is 0 Å². The Hall–Kier alpha value is 1.46. The van der Waals surface area contributed by atoms with Crippen LogP contribution in [0, 0.1) is 44.1 Å². The number of hydrogen-bond donors (Lipinski definition) is 0. The van der Waals surface area contributed by atoms with Gasteiger partial charge in [-0.3, -0.25) is 10.7 Å². The normalized spacial score (nSPS) is 8.71. The van der Waals surface area contributed by atoms with Crippen LogP contribution in [0.5, 0.6) is 0 Å². The van der Waals surface area contributed by atoms with Crippen molar-refractivity contribution >= 4 is 0 Å². The Morgan fingerprint density at radius 2 is 1.71 bits per heavy atom. The molecule has 0 aromatic heterocycles. The standard InChI is InChI=1S/C3H3F2.Ar.Li/c1-3(5)2-4;;/h1H3;;/q-1;;+1. The van der Waals surface area contributed by atoms with Crippen molar-refractivity contribution in [1.29, 1.82) is 0 Å². The third-order valence-corrected chi connectivity index (χ3v) is 0.130. The first-order chi connectivity index (χ1) is 2.27. The van der Waals surface area contributed by atoms with Crippen molar-refractivity contribution in [1.82, 2.24) is 0 Å². The molecule has 4 heteroatoms. The van der Waals surface area contributed by atoms with Gasteiger partial charge in [0.25, 0.3) is 0 Å². The van der Waals surface area contributed by atoms with E-state index in [2.05, 4.69) is 0 Å². The van der Waals surface area contributed by atoms with Crippen LogP contribution in [0.4, 0.5) is 8.78 Å². The fraction of sp³-hybridized carbons (Fsp3) is 0.333. The van der Waals surface area contributed by atoms with E-state index in [9.17, 15) is 8.78 Å². The molecule has 0 aromatic rings. The fourth-order valence-electron chi connectivity index (χ4n) is 0. The molecule has 0 unspecified atom stereocenters. The van der Waals surface area contributed by atoms with Gasteiger partial charge in [0, 0.05) is 37.7 Å². The van der Waals surface area contributed by atoms with Gasteiger partial charge in [-0.05, 0) is 6.92 Å². The van der Waals surface area contributed by atoms with E-state index < -0.39 is 5.83 Å². The molecule has 0 nitrogen and oxygen atoms in total. The SMILES string of the molecule is CC(F)=[C-]F.[Ar].[Li+]. The van der Waals surface area contributed by atoms with Crippen LogP contribution in [-0.4, -0.2) is 0 Å². The van der Waals surface area contributed by atoms with E-state index in [1.165, 1.54) is 0 Å². The van der Waals surface area contributed by atoms with E-state index >= 15 is 0 Å². The number of hydrogen-bond acceptors (Lipinski definition) is 0. The molecule has 0 aromatic carbocycles. The largest absolute Gasteiger partial charge is 1.00 e. The maximum atomic E-state index is 10.9. The molecule has 0 radical (unpaired) electrons. The van der Waals surface area contributed by atoms with Gasteiger partial charge in [-0.15, -0.1) is 0 Å². The molecule has 0 fully saturated rings. The molecule has 0 spiro atoms. The molecule has 0 saturated carbocycles. The number of allylic oxidation sites excluding steroid dienone is 1. The minimum Gasteiger partial charge on any atom is -0.456 e. The first kappa shape index (κ1) is 15.8. The number of halogens is 2. The Morgan fingerprint density at radius 3 is 1.71 bits per heavy atom. The average molecular weight is 124 g/mol. The Labute approximate surface area is 83.5 Å². The van der Waals surface area contributed by atoms with E-state index in [-0.39, 0.29) is 56.6 Å². The second-order valence-corrected chi connectivity index (χ2v) is 0.628. The quantitative estimate of drug-likeness (QED) is 0.275. The van der Waals surface area contributed by atoms with Crippen LogP contribution >= 0.6 is 0 Å². The predicted molar refractivity (Wildman–Crippen MR) is 14.6 cm³/mol. The molecule has 0 aliphatic heterocycles. The average Bonchev–Trinajstić information content (AvgIpc) is 1.38. The van der Waals surface area contributed by atoms with Crippen LogP contribution < -0.4 is 18.9 Å². The summed E-state index contributed by atoms with van der Waals surface area (Å²) in [6.07, 6.45) is 0.778. The molecule has 0 bridgehead atoms. The summed E-state index contributed by atoms with van der Waals surface area (Å²) < 4.78 is 21.3. The second kappa shape index (κ2) is 10.4. The molecule has 0 heterocycles. The zero-order valence-corrected chi connectivity index (χ0v) is 4.82.